The molecule has 0 unspecified atom stereocenters. The van der Waals surface area contributed by atoms with Gasteiger partial charge in [-0.15, -0.1) is 0 Å². The van der Waals surface area contributed by atoms with Crippen molar-refractivity contribution in [2.45, 2.75) is 11.3 Å². The minimum absolute atomic E-state index is 0.0850. The Morgan fingerprint density at radius 3 is 2.39 bits per heavy atom. The number of benzene rings is 2. The second kappa shape index (κ2) is 5.47. The van der Waals surface area contributed by atoms with Gasteiger partial charge in [0.1, 0.15) is 0 Å². The van der Waals surface area contributed by atoms with Crippen LogP contribution in [0, 0.1) is 0 Å². The fraction of sp³-hybridized carbons (Fsp3) is 0.333. The van der Waals surface area contributed by atoms with Crippen LogP contribution in [0.2, 0.25) is 0 Å². The van der Waals surface area contributed by atoms with E-state index in [2.05, 4.69) is 0 Å². The van der Waals surface area contributed by atoms with Gasteiger partial charge in [-0.05, 0) is 23.9 Å². The van der Waals surface area contributed by atoms with E-state index in [0.29, 0.717) is 16.0 Å². The standard InChI is InChI=1S/C15H18N2O4S2/c1-16(2)22(18,19)11-5-10-17-13-8-3-6-12-7-4-9-14(15(12)13)23(17,20)21/h3-4,6-9H,5,10-11H2,1-2H3. The van der Waals surface area contributed by atoms with Crippen molar-refractivity contribution < 1.29 is 16.8 Å². The van der Waals surface area contributed by atoms with E-state index in [0.717, 1.165) is 9.69 Å². The van der Waals surface area contributed by atoms with Crippen molar-refractivity contribution in [3.05, 3.63) is 36.4 Å². The van der Waals surface area contributed by atoms with E-state index in [1.807, 2.05) is 18.2 Å². The molecule has 1 aliphatic rings. The lowest BCUT2D eigenvalue weighted by molar-refractivity contribution is 0.518. The van der Waals surface area contributed by atoms with Gasteiger partial charge in [0.25, 0.3) is 10.0 Å². The quantitative estimate of drug-likeness (QED) is 0.818. The van der Waals surface area contributed by atoms with E-state index < -0.39 is 20.0 Å². The summed E-state index contributed by atoms with van der Waals surface area (Å²) in [5.74, 6) is -0.0850. The zero-order chi connectivity index (χ0) is 16.8. The molecule has 0 saturated heterocycles. The predicted molar refractivity (Wildman–Crippen MR) is 90.6 cm³/mol. The minimum atomic E-state index is -3.61. The molecule has 0 spiro atoms. The van der Waals surface area contributed by atoms with E-state index in [4.69, 9.17) is 0 Å². The first-order chi connectivity index (χ1) is 10.7. The molecule has 0 bridgehead atoms. The van der Waals surface area contributed by atoms with Gasteiger partial charge in [0.05, 0.1) is 16.3 Å². The van der Waals surface area contributed by atoms with Crippen molar-refractivity contribution in [2.75, 3.05) is 30.7 Å². The Balaban J connectivity index is 1.92. The first-order valence-electron chi connectivity index (χ1n) is 7.20. The highest BCUT2D eigenvalue weighted by Gasteiger charge is 2.35. The molecule has 124 valence electrons. The molecule has 0 saturated carbocycles. The maximum absolute atomic E-state index is 12.7. The second-order valence-corrected chi connectivity index (χ2v) is 9.79. The van der Waals surface area contributed by atoms with E-state index in [9.17, 15) is 16.8 Å². The summed E-state index contributed by atoms with van der Waals surface area (Å²) in [5.41, 5.74) is 0.625. The lowest BCUT2D eigenvalue weighted by Gasteiger charge is -2.19. The van der Waals surface area contributed by atoms with Gasteiger partial charge in [-0.2, -0.15) is 0 Å². The highest BCUT2D eigenvalue weighted by atomic mass is 32.2. The van der Waals surface area contributed by atoms with Gasteiger partial charge in [0.15, 0.2) is 0 Å². The van der Waals surface area contributed by atoms with Crippen LogP contribution >= 0.6 is 0 Å². The Morgan fingerprint density at radius 2 is 1.74 bits per heavy atom. The molecule has 1 heterocycles. The lowest BCUT2D eigenvalue weighted by atomic mass is 10.1. The molecule has 8 heteroatoms. The summed E-state index contributed by atoms with van der Waals surface area (Å²) in [4.78, 5) is 0.293. The van der Waals surface area contributed by atoms with Gasteiger partial charge in [-0.3, -0.25) is 4.31 Å². The molecular weight excluding hydrogens is 336 g/mol. The fourth-order valence-corrected chi connectivity index (χ4v) is 5.38. The first-order valence-corrected chi connectivity index (χ1v) is 10.2. The molecule has 0 N–H and O–H groups in total. The Kier molecular flexibility index (Phi) is 3.86. The van der Waals surface area contributed by atoms with Gasteiger partial charge < -0.3 is 0 Å². The van der Waals surface area contributed by atoms with E-state index >= 15 is 0 Å². The third kappa shape index (κ3) is 2.60. The van der Waals surface area contributed by atoms with E-state index in [1.165, 1.54) is 18.4 Å². The molecule has 0 aliphatic carbocycles. The lowest BCUT2D eigenvalue weighted by Crippen LogP contribution is -2.31. The molecule has 0 atom stereocenters. The van der Waals surface area contributed by atoms with Crippen LogP contribution in [0.25, 0.3) is 10.8 Å². The predicted octanol–water partition coefficient (Wildman–Crippen LogP) is 1.63. The first kappa shape index (κ1) is 16.2. The zero-order valence-corrected chi connectivity index (χ0v) is 14.6. The highest BCUT2D eigenvalue weighted by Crippen LogP contribution is 2.41. The number of sulfonamides is 2. The van der Waals surface area contributed by atoms with Crippen molar-refractivity contribution in [3.63, 3.8) is 0 Å². The van der Waals surface area contributed by atoms with Gasteiger partial charge in [0.2, 0.25) is 10.0 Å². The summed E-state index contributed by atoms with van der Waals surface area (Å²) in [6.07, 6.45) is 0.240. The molecule has 23 heavy (non-hydrogen) atoms. The number of anilines is 1. The molecule has 6 nitrogen and oxygen atoms in total. The van der Waals surface area contributed by atoms with Crippen LogP contribution in [0.3, 0.4) is 0 Å². The molecule has 2 aromatic rings. The summed E-state index contributed by atoms with van der Waals surface area (Å²) in [6.45, 7) is 0.142. The van der Waals surface area contributed by atoms with Gasteiger partial charge >= 0.3 is 0 Å². The third-order valence-corrected chi connectivity index (χ3v) is 7.77. The summed E-state index contributed by atoms with van der Waals surface area (Å²) in [6, 6.07) is 10.6. The smallest absolute Gasteiger partial charge is 0.265 e. The molecule has 2 aromatic carbocycles. The topological polar surface area (TPSA) is 74.8 Å². The molecule has 0 amide bonds. The molecule has 0 aromatic heterocycles. The van der Waals surface area contributed by atoms with Crippen LogP contribution < -0.4 is 4.31 Å². The van der Waals surface area contributed by atoms with Crippen molar-refractivity contribution >= 4 is 36.5 Å². The Bertz CT molecular complexity index is 961. The van der Waals surface area contributed by atoms with Crippen LogP contribution in [-0.2, 0) is 20.0 Å². The van der Waals surface area contributed by atoms with Gasteiger partial charge in [0, 0.05) is 26.0 Å². The molecule has 3 rings (SSSR count). The van der Waals surface area contributed by atoms with Crippen molar-refractivity contribution in [2.24, 2.45) is 0 Å². The molecule has 0 fully saturated rings. The zero-order valence-electron chi connectivity index (χ0n) is 12.9. The Morgan fingerprint density at radius 1 is 1.09 bits per heavy atom. The minimum Gasteiger partial charge on any atom is -0.266 e. The SMILES string of the molecule is CN(C)S(=O)(=O)CCCN1c2cccc3cccc(c23)S1(=O)=O. The fourth-order valence-electron chi connectivity index (χ4n) is 2.77. The third-order valence-electron chi connectivity index (χ3n) is 4.00. The second-order valence-electron chi connectivity index (χ2n) is 5.66. The van der Waals surface area contributed by atoms with Gasteiger partial charge in [-0.1, -0.05) is 24.3 Å². The Labute approximate surface area is 136 Å². The van der Waals surface area contributed by atoms with Crippen LogP contribution in [0.1, 0.15) is 6.42 Å². The maximum Gasteiger partial charge on any atom is 0.265 e. The average Bonchev–Trinajstić information content (AvgIpc) is 2.70. The number of nitrogens with zero attached hydrogens (tertiary/aromatic N) is 2. The van der Waals surface area contributed by atoms with Crippen LogP contribution in [-0.4, -0.2) is 47.5 Å². The van der Waals surface area contributed by atoms with Crippen LogP contribution in [0.5, 0.6) is 0 Å². The molecule has 0 radical (unpaired) electrons. The summed E-state index contributed by atoms with van der Waals surface area (Å²) in [5, 5.41) is 1.58. The number of hydrogen-bond acceptors (Lipinski definition) is 4. The number of rotatable bonds is 5. The monoisotopic (exact) mass is 354 g/mol. The largest absolute Gasteiger partial charge is 0.266 e. The summed E-state index contributed by atoms with van der Waals surface area (Å²) in [7, 11) is -4.00. The van der Waals surface area contributed by atoms with Gasteiger partial charge in [-0.25, -0.2) is 21.1 Å². The highest BCUT2D eigenvalue weighted by molar-refractivity contribution is 7.93. The average molecular weight is 354 g/mol. The van der Waals surface area contributed by atoms with E-state index in [-0.39, 0.29) is 18.7 Å². The summed E-state index contributed by atoms with van der Waals surface area (Å²) >= 11 is 0. The summed E-state index contributed by atoms with van der Waals surface area (Å²) < 4.78 is 51.6. The van der Waals surface area contributed by atoms with Crippen LogP contribution in [0.4, 0.5) is 5.69 Å². The van der Waals surface area contributed by atoms with Crippen molar-refractivity contribution in [3.8, 4) is 0 Å². The van der Waals surface area contributed by atoms with Crippen molar-refractivity contribution in [1.82, 2.24) is 4.31 Å². The Hall–Kier alpha value is -1.64. The normalized spacial score (nSPS) is 16.4. The maximum atomic E-state index is 12.7. The molecule has 1 aliphatic heterocycles. The number of hydrogen-bond donors (Lipinski definition) is 0. The van der Waals surface area contributed by atoms with E-state index in [1.54, 1.807) is 18.2 Å². The molecular formula is C15H18N2O4S2. The van der Waals surface area contributed by atoms with Crippen LogP contribution in [0.15, 0.2) is 41.3 Å². The van der Waals surface area contributed by atoms with Crippen molar-refractivity contribution in [1.29, 1.82) is 0 Å².